The normalized spacial score (nSPS) is 10.9. The van der Waals surface area contributed by atoms with E-state index in [-0.39, 0.29) is 17.1 Å². The van der Waals surface area contributed by atoms with Crippen molar-refractivity contribution in [2.45, 2.75) is 27.2 Å². The van der Waals surface area contributed by atoms with E-state index in [1.165, 1.54) is 12.3 Å². The first kappa shape index (κ1) is 12.3. The van der Waals surface area contributed by atoms with Crippen molar-refractivity contribution in [3.05, 3.63) is 24.2 Å². The molecule has 0 saturated carbocycles. The van der Waals surface area contributed by atoms with Gasteiger partial charge in [-0.2, -0.15) is 0 Å². The highest BCUT2D eigenvalue weighted by atomic mass is 16.3. The molecule has 1 aromatic rings. The first-order chi connectivity index (χ1) is 7.38. The van der Waals surface area contributed by atoms with Gasteiger partial charge >= 0.3 is 5.91 Å². The van der Waals surface area contributed by atoms with Crippen LogP contribution in [-0.4, -0.2) is 11.8 Å². The minimum atomic E-state index is -0.466. The number of rotatable bonds is 2. The van der Waals surface area contributed by atoms with Crippen LogP contribution in [0, 0.1) is 5.41 Å². The van der Waals surface area contributed by atoms with Gasteiger partial charge in [0, 0.05) is 6.42 Å². The molecule has 0 aliphatic rings. The maximum absolute atomic E-state index is 11.4. The van der Waals surface area contributed by atoms with E-state index in [1.54, 1.807) is 6.07 Å². The average Bonchev–Trinajstić information content (AvgIpc) is 2.64. The molecule has 0 spiro atoms. The Balaban J connectivity index is 2.35. The summed E-state index contributed by atoms with van der Waals surface area (Å²) >= 11 is 0. The second kappa shape index (κ2) is 4.83. The fraction of sp³-hybridized carbons (Fsp3) is 0.455. The van der Waals surface area contributed by atoms with Crippen molar-refractivity contribution in [1.82, 2.24) is 10.9 Å². The molecule has 2 amide bonds. The Morgan fingerprint density at radius 1 is 1.31 bits per heavy atom. The number of carbonyl (C=O) groups is 2. The molecule has 0 aliphatic carbocycles. The first-order valence-corrected chi connectivity index (χ1v) is 5.01. The van der Waals surface area contributed by atoms with Crippen molar-refractivity contribution in [2.24, 2.45) is 5.41 Å². The summed E-state index contributed by atoms with van der Waals surface area (Å²) in [5, 5.41) is 0. The maximum Gasteiger partial charge on any atom is 0.305 e. The van der Waals surface area contributed by atoms with Crippen LogP contribution in [0.15, 0.2) is 22.8 Å². The standard InChI is InChI=1S/C11H16N2O3/c1-11(2,3)7-9(14)12-13-10(15)8-5-4-6-16-8/h4-6H,7H2,1-3H3,(H,12,14)(H,13,15). The van der Waals surface area contributed by atoms with Gasteiger partial charge in [0.2, 0.25) is 5.91 Å². The molecule has 0 aromatic carbocycles. The van der Waals surface area contributed by atoms with Crippen LogP contribution in [0.2, 0.25) is 0 Å². The third kappa shape index (κ3) is 4.16. The maximum atomic E-state index is 11.4. The lowest BCUT2D eigenvalue weighted by molar-refractivity contribution is -0.123. The Hall–Kier alpha value is -1.78. The van der Waals surface area contributed by atoms with E-state index in [4.69, 9.17) is 4.42 Å². The average molecular weight is 224 g/mol. The second-order valence-corrected chi connectivity index (χ2v) is 4.72. The monoisotopic (exact) mass is 224 g/mol. The Labute approximate surface area is 94.2 Å². The van der Waals surface area contributed by atoms with Gasteiger partial charge in [0.25, 0.3) is 0 Å². The van der Waals surface area contributed by atoms with Crippen molar-refractivity contribution >= 4 is 11.8 Å². The fourth-order valence-electron chi connectivity index (χ4n) is 1.12. The summed E-state index contributed by atoms with van der Waals surface area (Å²) in [4.78, 5) is 22.7. The third-order valence-corrected chi connectivity index (χ3v) is 1.75. The Bertz CT molecular complexity index is 363. The summed E-state index contributed by atoms with van der Waals surface area (Å²) < 4.78 is 4.87. The fourth-order valence-corrected chi connectivity index (χ4v) is 1.12. The van der Waals surface area contributed by atoms with Gasteiger partial charge in [-0.05, 0) is 17.5 Å². The molecule has 1 aromatic heterocycles. The summed E-state index contributed by atoms with van der Waals surface area (Å²) in [6, 6.07) is 3.12. The van der Waals surface area contributed by atoms with E-state index in [1.807, 2.05) is 20.8 Å². The third-order valence-electron chi connectivity index (χ3n) is 1.75. The minimum Gasteiger partial charge on any atom is -0.459 e. The van der Waals surface area contributed by atoms with Gasteiger partial charge in [-0.15, -0.1) is 0 Å². The summed E-state index contributed by atoms with van der Waals surface area (Å²) in [5.74, 6) is -0.532. The van der Waals surface area contributed by atoms with Gasteiger partial charge in [-0.1, -0.05) is 20.8 Å². The Morgan fingerprint density at radius 2 is 2.00 bits per heavy atom. The van der Waals surface area contributed by atoms with E-state index >= 15 is 0 Å². The summed E-state index contributed by atoms with van der Waals surface area (Å²) in [6.07, 6.45) is 1.73. The van der Waals surface area contributed by atoms with Gasteiger partial charge in [0.05, 0.1) is 6.26 Å². The van der Waals surface area contributed by atoms with E-state index in [9.17, 15) is 9.59 Å². The van der Waals surface area contributed by atoms with Crippen molar-refractivity contribution in [1.29, 1.82) is 0 Å². The molecule has 0 saturated heterocycles. The van der Waals surface area contributed by atoms with Crippen LogP contribution in [-0.2, 0) is 4.79 Å². The zero-order chi connectivity index (χ0) is 12.2. The zero-order valence-corrected chi connectivity index (χ0v) is 9.66. The predicted octanol–water partition coefficient (Wildman–Crippen LogP) is 1.48. The van der Waals surface area contributed by atoms with Gasteiger partial charge in [-0.25, -0.2) is 0 Å². The van der Waals surface area contributed by atoms with Crippen LogP contribution in [0.5, 0.6) is 0 Å². The lowest BCUT2D eigenvalue weighted by atomic mass is 9.92. The number of hydrazine groups is 1. The number of amides is 2. The lowest BCUT2D eigenvalue weighted by Crippen LogP contribution is -2.42. The number of carbonyl (C=O) groups excluding carboxylic acids is 2. The van der Waals surface area contributed by atoms with Crippen molar-refractivity contribution in [3.8, 4) is 0 Å². The Kier molecular flexibility index (Phi) is 3.71. The highest BCUT2D eigenvalue weighted by Crippen LogP contribution is 2.17. The van der Waals surface area contributed by atoms with Crippen molar-refractivity contribution < 1.29 is 14.0 Å². The van der Waals surface area contributed by atoms with Crippen LogP contribution in [0.1, 0.15) is 37.7 Å². The molecule has 5 heteroatoms. The number of furan rings is 1. The lowest BCUT2D eigenvalue weighted by Gasteiger charge is -2.17. The number of hydrogen-bond donors (Lipinski definition) is 2. The van der Waals surface area contributed by atoms with E-state index in [2.05, 4.69) is 10.9 Å². The smallest absolute Gasteiger partial charge is 0.305 e. The predicted molar refractivity (Wildman–Crippen MR) is 58.4 cm³/mol. The zero-order valence-electron chi connectivity index (χ0n) is 9.66. The molecule has 2 N–H and O–H groups in total. The van der Waals surface area contributed by atoms with Crippen LogP contribution in [0.3, 0.4) is 0 Å². The van der Waals surface area contributed by atoms with Crippen LogP contribution >= 0.6 is 0 Å². The SMILES string of the molecule is CC(C)(C)CC(=O)NNC(=O)c1ccco1. The molecule has 0 bridgehead atoms. The highest BCUT2D eigenvalue weighted by molar-refractivity contribution is 5.92. The van der Waals surface area contributed by atoms with E-state index < -0.39 is 5.91 Å². The van der Waals surface area contributed by atoms with Gasteiger partial charge < -0.3 is 4.42 Å². The van der Waals surface area contributed by atoms with Crippen molar-refractivity contribution in [2.75, 3.05) is 0 Å². The number of nitrogens with one attached hydrogen (secondary N) is 2. The molecular weight excluding hydrogens is 208 g/mol. The molecule has 0 atom stereocenters. The topological polar surface area (TPSA) is 71.3 Å². The number of hydrogen-bond acceptors (Lipinski definition) is 3. The molecule has 0 radical (unpaired) electrons. The van der Waals surface area contributed by atoms with E-state index in [0.717, 1.165) is 0 Å². The van der Waals surface area contributed by atoms with Gasteiger partial charge in [-0.3, -0.25) is 20.4 Å². The van der Waals surface area contributed by atoms with Crippen LogP contribution in [0.25, 0.3) is 0 Å². The van der Waals surface area contributed by atoms with Crippen molar-refractivity contribution in [3.63, 3.8) is 0 Å². The molecule has 0 aliphatic heterocycles. The summed E-state index contributed by atoms with van der Waals surface area (Å²) in [7, 11) is 0. The molecule has 16 heavy (non-hydrogen) atoms. The first-order valence-electron chi connectivity index (χ1n) is 5.01. The molecule has 1 heterocycles. The van der Waals surface area contributed by atoms with Crippen LogP contribution in [0.4, 0.5) is 0 Å². The summed E-state index contributed by atoms with van der Waals surface area (Å²) in [5.41, 5.74) is 4.49. The largest absolute Gasteiger partial charge is 0.459 e. The molecule has 0 unspecified atom stereocenters. The molecule has 5 nitrogen and oxygen atoms in total. The van der Waals surface area contributed by atoms with Crippen LogP contribution < -0.4 is 10.9 Å². The molecular formula is C11H16N2O3. The van der Waals surface area contributed by atoms with Gasteiger partial charge in [0.1, 0.15) is 0 Å². The second-order valence-electron chi connectivity index (χ2n) is 4.72. The Morgan fingerprint density at radius 3 is 2.50 bits per heavy atom. The van der Waals surface area contributed by atoms with E-state index in [0.29, 0.717) is 6.42 Å². The van der Waals surface area contributed by atoms with Gasteiger partial charge in [0.15, 0.2) is 5.76 Å². The minimum absolute atomic E-state index is 0.112. The highest BCUT2D eigenvalue weighted by Gasteiger charge is 2.16. The molecule has 1 rings (SSSR count). The summed E-state index contributed by atoms with van der Waals surface area (Å²) in [6.45, 7) is 5.84. The molecule has 88 valence electrons. The quantitative estimate of drug-likeness (QED) is 0.747. The molecule has 0 fully saturated rings.